The Morgan fingerprint density at radius 3 is 1.14 bits per heavy atom. The molecule has 0 radical (unpaired) electrons. The average Bonchev–Trinajstić information content (AvgIpc) is 3.29. The van der Waals surface area contributed by atoms with Crippen LogP contribution in [0, 0.1) is 0 Å². The first kappa shape index (κ1) is 60.6. The topological polar surface area (TPSA) is 78.9 Å². The van der Waals surface area contributed by atoms with E-state index in [9.17, 15) is 14.4 Å². The highest BCUT2D eigenvalue weighted by atomic mass is 16.6. The SMILES string of the molecule is CC\C=C/C=C\C=C/CCCCCCCC(=O)OCC(COC(=O)CCCCCCCCC/C=C\CCCCCCCCCC)OC(=O)CCCCCC/C=C\C/C=C\C/C=C\CC. The summed E-state index contributed by atoms with van der Waals surface area (Å²) in [5.74, 6) is -0.943. The van der Waals surface area contributed by atoms with Crippen molar-refractivity contribution in [2.45, 2.75) is 252 Å². The number of carbonyl (C=O) groups is 3. The highest BCUT2D eigenvalue weighted by Gasteiger charge is 2.19. The van der Waals surface area contributed by atoms with Gasteiger partial charge in [0.1, 0.15) is 13.2 Å². The number of ether oxygens (including phenoxy) is 3. The fourth-order valence-electron chi connectivity index (χ4n) is 7.22. The lowest BCUT2D eigenvalue weighted by molar-refractivity contribution is -0.167. The lowest BCUT2D eigenvalue weighted by Gasteiger charge is -2.18. The largest absolute Gasteiger partial charge is 0.462 e. The van der Waals surface area contributed by atoms with Crippen molar-refractivity contribution in [3.05, 3.63) is 85.1 Å². The molecule has 0 spiro atoms. The molecule has 6 nitrogen and oxygen atoms in total. The molecular formula is C58H98O6. The van der Waals surface area contributed by atoms with Gasteiger partial charge in [0.25, 0.3) is 0 Å². The average molecular weight is 891 g/mol. The number of rotatable bonds is 47. The summed E-state index contributed by atoms with van der Waals surface area (Å²) in [5, 5.41) is 0. The quantitative estimate of drug-likeness (QED) is 0.0199. The van der Waals surface area contributed by atoms with E-state index in [0.29, 0.717) is 19.3 Å². The van der Waals surface area contributed by atoms with Gasteiger partial charge in [-0.15, -0.1) is 0 Å². The predicted octanol–water partition coefficient (Wildman–Crippen LogP) is 17.6. The van der Waals surface area contributed by atoms with Gasteiger partial charge < -0.3 is 14.2 Å². The Morgan fingerprint density at radius 1 is 0.344 bits per heavy atom. The van der Waals surface area contributed by atoms with Crippen LogP contribution in [0.25, 0.3) is 0 Å². The maximum atomic E-state index is 12.8. The summed E-state index contributed by atoms with van der Waals surface area (Å²) in [6.07, 6.45) is 67.1. The summed E-state index contributed by atoms with van der Waals surface area (Å²) in [5.41, 5.74) is 0. The number of esters is 3. The molecule has 1 atom stereocenters. The lowest BCUT2D eigenvalue weighted by Crippen LogP contribution is -2.30. The fraction of sp³-hybridized carbons (Fsp3) is 0.707. The van der Waals surface area contributed by atoms with Gasteiger partial charge in [-0.1, -0.05) is 215 Å². The molecule has 366 valence electrons. The van der Waals surface area contributed by atoms with E-state index in [0.717, 1.165) is 116 Å². The number of hydrogen-bond acceptors (Lipinski definition) is 6. The third kappa shape index (κ3) is 49.6. The van der Waals surface area contributed by atoms with Crippen molar-refractivity contribution >= 4 is 17.9 Å². The Balaban J connectivity index is 4.41. The Hall–Kier alpha value is -3.41. The predicted molar refractivity (Wildman–Crippen MR) is 274 cm³/mol. The molecule has 0 fully saturated rings. The van der Waals surface area contributed by atoms with Crippen molar-refractivity contribution in [3.63, 3.8) is 0 Å². The minimum atomic E-state index is -0.798. The monoisotopic (exact) mass is 891 g/mol. The van der Waals surface area contributed by atoms with Crippen LogP contribution in [0.3, 0.4) is 0 Å². The second kappa shape index (κ2) is 52.2. The summed E-state index contributed by atoms with van der Waals surface area (Å²) < 4.78 is 16.8. The Kier molecular flexibility index (Phi) is 49.4. The maximum absolute atomic E-state index is 12.8. The molecule has 6 heteroatoms. The van der Waals surface area contributed by atoms with Crippen molar-refractivity contribution in [3.8, 4) is 0 Å². The molecule has 0 saturated heterocycles. The smallest absolute Gasteiger partial charge is 0.306 e. The van der Waals surface area contributed by atoms with E-state index >= 15 is 0 Å². The molecule has 0 aromatic carbocycles. The molecule has 0 aromatic rings. The van der Waals surface area contributed by atoms with Crippen LogP contribution < -0.4 is 0 Å². The third-order valence-corrected chi connectivity index (χ3v) is 11.2. The van der Waals surface area contributed by atoms with Gasteiger partial charge in [0.2, 0.25) is 0 Å². The van der Waals surface area contributed by atoms with E-state index in [-0.39, 0.29) is 31.1 Å². The van der Waals surface area contributed by atoms with Gasteiger partial charge in [-0.2, -0.15) is 0 Å². The summed E-state index contributed by atoms with van der Waals surface area (Å²) in [6.45, 7) is 6.35. The first-order valence-corrected chi connectivity index (χ1v) is 26.6. The van der Waals surface area contributed by atoms with E-state index in [2.05, 4.69) is 106 Å². The van der Waals surface area contributed by atoms with Crippen LogP contribution in [-0.2, 0) is 28.6 Å². The molecule has 0 saturated carbocycles. The minimum Gasteiger partial charge on any atom is -0.462 e. The van der Waals surface area contributed by atoms with Crippen LogP contribution in [0.1, 0.15) is 245 Å². The molecule has 0 aliphatic rings. The molecule has 0 bridgehead atoms. The molecule has 0 amide bonds. The van der Waals surface area contributed by atoms with Crippen molar-refractivity contribution < 1.29 is 28.6 Å². The van der Waals surface area contributed by atoms with Crippen molar-refractivity contribution in [1.82, 2.24) is 0 Å². The third-order valence-electron chi connectivity index (χ3n) is 11.2. The van der Waals surface area contributed by atoms with E-state index in [1.54, 1.807) is 0 Å². The molecule has 64 heavy (non-hydrogen) atoms. The maximum Gasteiger partial charge on any atom is 0.306 e. The molecule has 0 N–H and O–H groups in total. The van der Waals surface area contributed by atoms with Gasteiger partial charge in [0.15, 0.2) is 6.10 Å². The highest BCUT2D eigenvalue weighted by Crippen LogP contribution is 2.14. The van der Waals surface area contributed by atoms with Gasteiger partial charge in [-0.05, 0) is 96.3 Å². The standard InChI is InChI=1S/C58H98O6/c1-4-7-10-13-16-19-22-25-27-28-29-30-31-34-36-39-42-45-48-51-57(60)63-54-55(53-62-56(59)50-47-44-41-38-35-32-24-21-18-15-12-9-6-3)64-58(61)52-49-46-43-40-37-33-26-23-20-17-14-11-8-5-2/h8-9,11-12,15,17-18,20-21,24,26,28-29,33,55H,4-7,10,13-14,16,19,22-23,25,27,30-32,34-54H2,1-3H3/b11-8-,12-9-,18-15-,20-17-,24-21-,29-28-,33-26-. The first-order valence-electron chi connectivity index (χ1n) is 26.6. The minimum absolute atomic E-state index is 0.0952. The molecular weight excluding hydrogens is 793 g/mol. The van der Waals surface area contributed by atoms with E-state index in [1.165, 1.54) is 89.9 Å². The molecule has 1 unspecified atom stereocenters. The highest BCUT2D eigenvalue weighted by molar-refractivity contribution is 5.71. The van der Waals surface area contributed by atoms with Crippen molar-refractivity contribution in [2.75, 3.05) is 13.2 Å². The van der Waals surface area contributed by atoms with Gasteiger partial charge in [-0.3, -0.25) is 14.4 Å². The van der Waals surface area contributed by atoms with Crippen LogP contribution in [0.2, 0.25) is 0 Å². The van der Waals surface area contributed by atoms with Crippen LogP contribution in [0.5, 0.6) is 0 Å². The number of carbonyl (C=O) groups excluding carboxylic acids is 3. The van der Waals surface area contributed by atoms with Crippen LogP contribution in [0.4, 0.5) is 0 Å². The summed E-state index contributed by atoms with van der Waals surface area (Å²) in [7, 11) is 0. The van der Waals surface area contributed by atoms with Gasteiger partial charge >= 0.3 is 17.9 Å². The lowest BCUT2D eigenvalue weighted by atomic mass is 10.1. The van der Waals surface area contributed by atoms with Crippen molar-refractivity contribution in [2.24, 2.45) is 0 Å². The summed E-state index contributed by atoms with van der Waals surface area (Å²) in [4.78, 5) is 38.0. The second-order valence-electron chi connectivity index (χ2n) is 17.4. The normalized spacial score (nSPS) is 12.7. The van der Waals surface area contributed by atoms with E-state index in [1.807, 2.05) is 0 Å². The Bertz CT molecular complexity index is 1250. The Labute approximate surface area is 395 Å². The summed E-state index contributed by atoms with van der Waals surface area (Å²) >= 11 is 0. The first-order chi connectivity index (χ1) is 31.5. The van der Waals surface area contributed by atoms with Crippen LogP contribution in [-0.4, -0.2) is 37.2 Å². The number of hydrogen-bond donors (Lipinski definition) is 0. The molecule has 0 aliphatic carbocycles. The van der Waals surface area contributed by atoms with Gasteiger partial charge in [-0.25, -0.2) is 0 Å². The summed E-state index contributed by atoms with van der Waals surface area (Å²) in [6, 6.07) is 0. The zero-order valence-corrected chi connectivity index (χ0v) is 41.8. The van der Waals surface area contributed by atoms with Crippen LogP contribution in [0.15, 0.2) is 85.1 Å². The van der Waals surface area contributed by atoms with Crippen molar-refractivity contribution in [1.29, 1.82) is 0 Å². The molecule has 0 heterocycles. The van der Waals surface area contributed by atoms with Gasteiger partial charge in [0.05, 0.1) is 0 Å². The fourth-order valence-corrected chi connectivity index (χ4v) is 7.22. The van der Waals surface area contributed by atoms with Crippen LogP contribution >= 0.6 is 0 Å². The molecule has 0 rings (SSSR count). The number of allylic oxidation sites excluding steroid dienone is 14. The van der Waals surface area contributed by atoms with Gasteiger partial charge in [0, 0.05) is 19.3 Å². The van der Waals surface area contributed by atoms with E-state index in [4.69, 9.17) is 14.2 Å². The van der Waals surface area contributed by atoms with E-state index < -0.39 is 6.10 Å². The molecule has 0 aromatic heterocycles. The number of unbranched alkanes of at least 4 members (excludes halogenated alkanes) is 24. The molecule has 0 aliphatic heterocycles. The zero-order valence-electron chi connectivity index (χ0n) is 41.8. The zero-order chi connectivity index (χ0) is 46.5. The second-order valence-corrected chi connectivity index (χ2v) is 17.4. The Morgan fingerprint density at radius 2 is 0.688 bits per heavy atom.